The Hall–Kier alpha value is -3.44. The number of fused-ring (bicyclic) bond motifs is 1. The van der Waals surface area contributed by atoms with Crippen molar-refractivity contribution in [3.63, 3.8) is 0 Å². The number of benzene rings is 1. The molecule has 0 amide bonds. The fourth-order valence-electron chi connectivity index (χ4n) is 3.87. The zero-order valence-corrected chi connectivity index (χ0v) is 18.1. The molecule has 0 radical (unpaired) electrons. The molecule has 3 N–H and O–H groups in total. The van der Waals surface area contributed by atoms with Gasteiger partial charge in [-0.15, -0.1) is 11.3 Å². The summed E-state index contributed by atoms with van der Waals surface area (Å²) in [4.78, 5) is 13.2. The van der Waals surface area contributed by atoms with E-state index in [-0.39, 0.29) is 5.82 Å². The maximum Gasteiger partial charge on any atom is 0.163 e. The Morgan fingerprint density at radius 3 is 2.81 bits per heavy atom. The standard InChI is InChI=1S/C23H23N7S/c1-30(11-5-8-18-16(12-24)20(25)29-28-18)22-19-17(14-6-3-2-4-7-14)13-31-23(19)27-21(26-22)15-9-10-15/h2-4,6-7,13,15H,5,8-11H2,1H3,(H3,25,28,29). The van der Waals surface area contributed by atoms with Crippen LogP contribution >= 0.6 is 11.3 Å². The lowest BCUT2D eigenvalue weighted by molar-refractivity contribution is 0.757. The van der Waals surface area contributed by atoms with Gasteiger partial charge in [0, 0.05) is 30.5 Å². The molecule has 0 bridgehead atoms. The summed E-state index contributed by atoms with van der Waals surface area (Å²) in [6.07, 6.45) is 3.89. The number of nitrogens with two attached hydrogens (primary N) is 1. The zero-order chi connectivity index (χ0) is 21.4. The number of thiophene rings is 1. The first-order valence-corrected chi connectivity index (χ1v) is 11.3. The Morgan fingerprint density at radius 1 is 1.26 bits per heavy atom. The predicted octanol–water partition coefficient (Wildman–Crippen LogP) is 4.48. The van der Waals surface area contributed by atoms with E-state index in [9.17, 15) is 5.26 Å². The van der Waals surface area contributed by atoms with Gasteiger partial charge in [0.15, 0.2) is 5.82 Å². The summed E-state index contributed by atoms with van der Waals surface area (Å²) in [5.41, 5.74) is 9.36. The second kappa shape index (κ2) is 8.00. The van der Waals surface area contributed by atoms with Crippen LogP contribution in [-0.4, -0.2) is 33.8 Å². The van der Waals surface area contributed by atoms with Crippen LogP contribution in [0.1, 0.15) is 42.3 Å². The highest BCUT2D eigenvalue weighted by Gasteiger charge is 2.29. The van der Waals surface area contributed by atoms with Crippen molar-refractivity contribution in [1.82, 2.24) is 20.2 Å². The maximum atomic E-state index is 9.28. The summed E-state index contributed by atoms with van der Waals surface area (Å²) in [6.45, 7) is 0.796. The molecule has 4 aromatic rings. The van der Waals surface area contributed by atoms with E-state index < -0.39 is 0 Å². The van der Waals surface area contributed by atoms with Gasteiger partial charge in [0.1, 0.15) is 28.1 Å². The number of rotatable bonds is 7. The number of nitrogens with zero attached hydrogens (tertiary/aromatic N) is 5. The van der Waals surface area contributed by atoms with Crippen molar-refractivity contribution in [2.75, 3.05) is 24.2 Å². The SMILES string of the molecule is CN(CCCc1[nH]nc(N)c1C#N)c1nc(C2CC2)nc2scc(-c3ccccc3)c12. The molecule has 3 heterocycles. The smallest absolute Gasteiger partial charge is 0.163 e. The Morgan fingerprint density at radius 2 is 2.06 bits per heavy atom. The van der Waals surface area contributed by atoms with E-state index in [0.717, 1.165) is 40.5 Å². The van der Waals surface area contributed by atoms with Crippen LogP contribution in [0.4, 0.5) is 11.6 Å². The van der Waals surface area contributed by atoms with Crippen LogP contribution in [0.5, 0.6) is 0 Å². The fourth-order valence-corrected chi connectivity index (χ4v) is 4.82. The molecule has 1 fully saturated rings. The molecule has 0 saturated heterocycles. The molecular weight excluding hydrogens is 406 g/mol. The Bertz CT molecular complexity index is 1260. The normalized spacial score (nSPS) is 13.4. The summed E-state index contributed by atoms with van der Waals surface area (Å²) in [5, 5.41) is 19.4. The average molecular weight is 430 g/mol. The fraction of sp³-hybridized carbons (Fsp3) is 0.304. The lowest BCUT2D eigenvalue weighted by atomic mass is 10.1. The van der Waals surface area contributed by atoms with Crippen molar-refractivity contribution in [2.45, 2.75) is 31.6 Å². The molecule has 1 saturated carbocycles. The third kappa shape index (κ3) is 3.73. The van der Waals surface area contributed by atoms with Gasteiger partial charge >= 0.3 is 0 Å². The van der Waals surface area contributed by atoms with E-state index in [0.29, 0.717) is 17.9 Å². The van der Waals surface area contributed by atoms with Gasteiger partial charge < -0.3 is 10.6 Å². The molecule has 5 rings (SSSR count). The van der Waals surface area contributed by atoms with Crippen molar-refractivity contribution in [3.8, 4) is 17.2 Å². The molecule has 31 heavy (non-hydrogen) atoms. The van der Waals surface area contributed by atoms with Gasteiger partial charge in [-0.25, -0.2) is 9.97 Å². The van der Waals surface area contributed by atoms with Crippen LogP contribution in [0.25, 0.3) is 21.3 Å². The Balaban J connectivity index is 1.45. The summed E-state index contributed by atoms with van der Waals surface area (Å²) in [6, 6.07) is 12.5. The van der Waals surface area contributed by atoms with E-state index in [2.05, 4.69) is 57.9 Å². The lowest BCUT2D eigenvalue weighted by Crippen LogP contribution is -2.21. The summed E-state index contributed by atoms with van der Waals surface area (Å²) < 4.78 is 0. The second-order valence-electron chi connectivity index (χ2n) is 7.97. The molecule has 3 aromatic heterocycles. The number of aryl methyl sites for hydroxylation is 1. The second-order valence-corrected chi connectivity index (χ2v) is 8.83. The zero-order valence-electron chi connectivity index (χ0n) is 17.3. The molecule has 7 nitrogen and oxygen atoms in total. The minimum Gasteiger partial charge on any atom is -0.381 e. The number of nitrogens with one attached hydrogen (secondary N) is 1. The third-order valence-corrected chi connectivity index (χ3v) is 6.59. The predicted molar refractivity (Wildman–Crippen MR) is 124 cm³/mol. The highest BCUT2D eigenvalue weighted by atomic mass is 32.1. The van der Waals surface area contributed by atoms with Gasteiger partial charge in [-0.1, -0.05) is 30.3 Å². The van der Waals surface area contributed by atoms with Crippen molar-refractivity contribution in [1.29, 1.82) is 5.26 Å². The van der Waals surface area contributed by atoms with Gasteiger partial charge in [0.25, 0.3) is 0 Å². The molecule has 156 valence electrons. The molecule has 1 aromatic carbocycles. The first kappa shape index (κ1) is 19.5. The van der Waals surface area contributed by atoms with Crippen LogP contribution in [-0.2, 0) is 6.42 Å². The summed E-state index contributed by atoms with van der Waals surface area (Å²) >= 11 is 1.69. The summed E-state index contributed by atoms with van der Waals surface area (Å²) in [7, 11) is 2.08. The minimum absolute atomic E-state index is 0.267. The maximum absolute atomic E-state index is 9.28. The van der Waals surface area contributed by atoms with Crippen LogP contribution in [0, 0.1) is 11.3 Å². The van der Waals surface area contributed by atoms with E-state index >= 15 is 0 Å². The highest BCUT2D eigenvalue weighted by molar-refractivity contribution is 7.17. The molecule has 1 aliphatic rings. The lowest BCUT2D eigenvalue weighted by Gasteiger charge is -2.20. The Kier molecular flexibility index (Phi) is 5.04. The first-order valence-electron chi connectivity index (χ1n) is 10.4. The van der Waals surface area contributed by atoms with Crippen LogP contribution in [0.3, 0.4) is 0 Å². The van der Waals surface area contributed by atoms with Gasteiger partial charge in [-0.05, 0) is 31.2 Å². The number of hydrogen-bond acceptors (Lipinski definition) is 7. The molecule has 0 atom stereocenters. The third-order valence-electron chi connectivity index (χ3n) is 5.72. The van der Waals surface area contributed by atoms with Gasteiger partial charge in [0.05, 0.1) is 11.1 Å². The average Bonchev–Trinajstić information content (AvgIpc) is 3.46. The van der Waals surface area contributed by atoms with Gasteiger partial charge in [-0.3, -0.25) is 5.10 Å². The summed E-state index contributed by atoms with van der Waals surface area (Å²) in [5.74, 6) is 2.70. The number of H-pyrrole nitrogens is 1. The van der Waals surface area contributed by atoms with Crippen LogP contribution in [0.15, 0.2) is 35.7 Å². The van der Waals surface area contributed by atoms with E-state index in [1.165, 1.54) is 24.0 Å². The number of hydrogen-bond donors (Lipinski definition) is 2. The van der Waals surface area contributed by atoms with E-state index in [1.807, 2.05) is 6.07 Å². The van der Waals surface area contributed by atoms with Crippen molar-refractivity contribution >= 4 is 33.2 Å². The molecule has 1 aliphatic carbocycles. The number of anilines is 2. The van der Waals surface area contributed by atoms with Gasteiger partial charge in [0.2, 0.25) is 0 Å². The monoisotopic (exact) mass is 429 g/mol. The van der Waals surface area contributed by atoms with Crippen molar-refractivity contribution in [2.24, 2.45) is 0 Å². The minimum atomic E-state index is 0.267. The largest absolute Gasteiger partial charge is 0.381 e. The molecule has 0 spiro atoms. The number of aromatic nitrogens is 4. The molecule has 0 unspecified atom stereocenters. The molecule has 0 aliphatic heterocycles. The quantitative estimate of drug-likeness (QED) is 0.448. The number of nitriles is 1. The Labute approximate surface area is 184 Å². The topological polar surface area (TPSA) is 108 Å². The first-order chi connectivity index (χ1) is 15.2. The van der Waals surface area contributed by atoms with Crippen molar-refractivity contribution < 1.29 is 0 Å². The number of nitrogen functional groups attached to an aromatic ring is 1. The van der Waals surface area contributed by atoms with E-state index in [1.54, 1.807) is 11.3 Å². The highest BCUT2D eigenvalue weighted by Crippen LogP contribution is 2.43. The van der Waals surface area contributed by atoms with Crippen LogP contribution in [0.2, 0.25) is 0 Å². The van der Waals surface area contributed by atoms with Gasteiger partial charge in [-0.2, -0.15) is 10.4 Å². The van der Waals surface area contributed by atoms with E-state index in [4.69, 9.17) is 15.7 Å². The number of aromatic amines is 1. The molecule has 8 heteroatoms. The van der Waals surface area contributed by atoms with Crippen LogP contribution < -0.4 is 10.6 Å². The van der Waals surface area contributed by atoms with Crippen molar-refractivity contribution in [3.05, 3.63) is 52.8 Å². The molecular formula is C23H23N7S.